The summed E-state index contributed by atoms with van der Waals surface area (Å²) >= 11 is 0. The summed E-state index contributed by atoms with van der Waals surface area (Å²) in [5, 5.41) is 8.45. The molecule has 0 unspecified atom stereocenters. The number of nitrogens with zero attached hydrogens (tertiary/aromatic N) is 3. The van der Waals surface area contributed by atoms with Gasteiger partial charge in [-0.15, -0.1) is 0 Å². The Balaban J connectivity index is 1.34. The molecular formula is C29H30N4O3. The van der Waals surface area contributed by atoms with Crippen LogP contribution in [0.1, 0.15) is 51.7 Å². The topological polar surface area (TPSA) is 76.5 Å². The summed E-state index contributed by atoms with van der Waals surface area (Å²) in [6.45, 7) is 7.16. The van der Waals surface area contributed by atoms with E-state index in [1.54, 1.807) is 0 Å². The molecule has 1 aliphatic heterocycles. The molecule has 3 aromatic carbocycles. The van der Waals surface area contributed by atoms with Gasteiger partial charge in [0.15, 0.2) is 5.69 Å². The molecule has 1 N–H and O–H groups in total. The zero-order valence-electron chi connectivity index (χ0n) is 20.6. The summed E-state index contributed by atoms with van der Waals surface area (Å²) in [6, 6.07) is 23.2. The van der Waals surface area contributed by atoms with Gasteiger partial charge in [-0.1, -0.05) is 56.3 Å². The Morgan fingerprint density at radius 3 is 2.33 bits per heavy atom. The van der Waals surface area contributed by atoms with Gasteiger partial charge in [0.2, 0.25) is 0 Å². The average molecular weight is 483 g/mol. The lowest BCUT2D eigenvalue weighted by atomic mass is 10.0. The van der Waals surface area contributed by atoms with Crippen LogP contribution in [0.25, 0.3) is 10.9 Å². The Labute approximate surface area is 210 Å². The number of hydrogen-bond acceptors (Lipinski definition) is 4. The van der Waals surface area contributed by atoms with Crippen LogP contribution in [-0.4, -0.2) is 52.8 Å². The van der Waals surface area contributed by atoms with Gasteiger partial charge in [-0.3, -0.25) is 14.3 Å². The van der Waals surface area contributed by atoms with Crippen molar-refractivity contribution >= 4 is 28.4 Å². The molecule has 0 spiro atoms. The van der Waals surface area contributed by atoms with Crippen LogP contribution in [0.3, 0.4) is 0 Å². The van der Waals surface area contributed by atoms with E-state index in [-0.39, 0.29) is 11.8 Å². The van der Waals surface area contributed by atoms with Crippen LogP contribution in [0.2, 0.25) is 0 Å². The molecule has 36 heavy (non-hydrogen) atoms. The van der Waals surface area contributed by atoms with Gasteiger partial charge in [-0.25, -0.2) is 0 Å². The minimum absolute atomic E-state index is 0.0229. The summed E-state index contributed by atoms with van der Waals surface area (Å²) in [4.78, 5) is 27.7. The number of nitrogens with one attached hydrogen (secondary N) is 1. The normalized spacial score (nSPS) is 13.8. The molecule has 7 heteroatoms. The predicted octanol–water partition coefficient (Wildman–Crippen LogP) is 4.93. The quantitative estimate of drug-likeness (QED) is 0.423. The maximum Gasteiger partial charge on any atom is 0.276 e. The highest BCUT2D eigenvalue weighted by atomic mass is 16.5. The Kier molecular flexibility index (Phi) is 6.82. The number of hydrogen-bond donors (Lipinski definition) is 1. The molecule has 0 saturated carbocycles. The molecule has 184 valence electrons. The van der Waals surface area contributed by atoms with Crippen molar-refractivity contribution in [2.45, 2.75) is 26.3 Å². The van der Waals surface area contributed by atoms with E-state index in [4.69, 9.17) is 4.74 Å². The first kappa shape index (κ1) is 23.8. The van der Waals surface area contributed by atoms with E-state index < -0.39 is 0 Å². The van der Waals surface area contributed by atoms with E-state index >= 15 is 0 Å². The first-order valence-electron chi connectivity index (χ1n) is 12.3. The van der Waals surface area contributed by atoms with Gasteiger partial charge in [0, 0.05) is 29.7 Å². The standard InChI is InChI=1S/C29H30N4O3/c1-20(2)22-11-13-24(14-12-22)30-28(34)27-25-5-3-4-6-26(25)33(31-27)19-21-7-9-23(10-8-21)29(35)32-15-17-36-18-16-32/h3-14,20H,15-19H2,1-2H3,(H,30,34). The van der Waals surface area contributed by atoms with Crippen molar-refractivity contribution < 1.29 is 14.3 Å². The van der Waals surface area contributed by atoms with Crippen LogP contribution < -0.4 is 5.32 Å². The number of rotatable bonds is 6. The number of morpholine rings is 1. The Morgan fingerprint density at radius 2 is 1.64 bits per heavy atom. The van der Waals surface area contributed by atoms with Crippen LogP contribution in [-0.2, 0) is 11.3 Å². The fourth-order valence-corrected chi connectivity index (χ4v) is 4.43. The number of ether oxygens (including phenoxy) is 1. The van der Waals surface area contributed by atoms with E-state index in [2.05, 4.69) is 24.3 Å². The molecule has 0 radical (unpaired) electrons. The number of carbonyl (C=O) groups is 2. The van der Waals surface area contributed by atoms with Crippen LogP contribution in [0, 0.1) is 0 Å². The Hall–Kier alpha value is -3.97. The second kappa shape index (κ2) is 10.3. The highest BCUT2D eigenvalue weighted by Gasteiger charge is 2.20. The summed E-state index contributed by atoms with van der Waals surface area (Å²) in [6.07, 6.45) is 0. The molecule has 5 rings (SSSR count). The largest absolute Gasteiger partial charge is 0.378 e. The van der Waals surface area contributed by atoms with Crippen LogP contribution >= 0.6 is 0 Å². The highest BCUT2D eigenvalue weighted by molar-refractivity contribution is 6.11. The van der Waals surface area contributed by atoms with Crippen molar-refractivity contribution in [2.24, 2.45) is 0 Å². The number of carbonyl (C=O) groups excluding carboxylic acids is 2. The van der Waals surface area contributed by atoms with Crippen molar-refractivity contribution in [3.63, 3.8) is 0 Å². The van der Waals surface area contributed by atoms with E-state index in [1.165, 1.54) is 5.56 Å². The Bertz CT molecular complexity index is 1370. The van der Waals surface area contributed by atoms with Gasteiger partial charge in [-0.2, -0.15) is 5.10 Å². The lowest BCUT2D eigenvalue weighted by Crippen LogP contribution is -2.40. The minimum atomic E-state index is -0.242. The summed E-state index contributed by atoms with van der Waals surface area (Å²) in [7, 11) is 0. The maximum absolute atomic E-state index is 13.1. The van der Waals surface area contributed by atoms with Crippen LogP contribution in [0.4, 0.5) is 5.69 Å². The number of benzene rings is 3. The number of aromatic nitrogens is 2. The molecule has 0 aliphatic carbocycles. The highest BCUT2D eigenvalue weighted by Crippen LogP contribution is 2.22. The molecule has 1 aromatic heterocycles. The second-order valence-corrected chi connectivity index (χ2v) is 9.36. The predicted molar refractivity (Wildman–Crippen MR) is 140 cm³/mol. The number of amides is 2. The van der Waals surface area contributed by atoms with Crippen molar-refractivity contribution in [3.8, 4) is 0 Å². The second-order valence-electron chi connectivity index (χ2n) is 9.36. The SMILES string of the molecule is CC(C)c1ccc(NC(=O)c2nn(Cc3ccc(C(=O)N4CCOCC4)cc3)c3ccccc23)cc1. The number of anilines is 1. The van der Waals surface area contributed by atoms with E-state index in [1.807, 2.05) is 82.4 Å². The van der Waals surface area contributed by atoms with E-state index in [9.17, 15) is 9.59 Å². The molecule has 4 aromatic rings. The summed E-state index contributed by atoms with van der Waals surface area (Å²) < 4.78 is 7.18. The minimum Gasteiger partial charge on any atom is -0.378 e. The van der Waals surface area contributed by atoms with Crippen molar-refractivity contribution in [1.29, 1.82) is 0 Å². The van der Waals surface area contributed by atoms with E-state index in [0.717, 1.165) is 22.2 Å². The van der Waals surface area contributed by atoms with Crippen molar-refractivity contribution in [2.75, 3.05) is 31.6 Å². The third-order valence-corrected chi connectivity index (χ3v) is 6.54. The fourth-order valence-electron chi connectivity index (χ4n) is 4.43. The average Bonchev–Trinajstić information content (AvgIpc) is 3.28. The monoisotopic (exact) mass is 482 g/mol. The van der Waals surface area contributed by atoms with Gasteiger partial charge in [0.1, 0.15) is 0 Å². The Morgan fingerprint density at radius 1 is 0.944 bits per heavy atom. The first-order valence-corrected chi connectivity index (χ1v) is 12.3. The summed E-state index contributed by atoms with van der Waals surface area (Å²) in [5.74, 6) is 0.212. The van der Waals surface area contributed by atoms with Gasteiger partial charge in [-0.05, 0) is 47.4 Å². The molecule has 7 nitrogen and oxygen atoms in total. The van der Waals surface area contributed by atoms with Gasteiger partial charge >= 0.3 is 0 Å². The fraction of sp³-hybridized carbons (Fsp3) is 0.276. The van der Waals surface area contributed by atoms with Gasteiger partial charge in [0.05, 0.1) is 25.3 Å². The van der Waals surface area contributed by atoms with Crippen LogP contribution in [0.5, 0.6) is 0 Å². The zero-order valence-corrected chi connectivity index (χ0v) is 20.6. The molecule has 1 aliphatic rings. The lowest BCUT2D eigenvalue weighted by molar-refractivity contribution is 0.0303. The van der Waals surface area contributed by atoms with Gasteiger partial charge in [0.25, 0.3) is 11.8 Å². The molecule has 1 fully saturated rings. The van der Waals surface area contributed by atoms with Crippen molar-refractivity contribution in [1.82, 2.24) is 14.7 Å². The third-order valence-electron chi connectivity index (χ3n) is 6.54. The van der Waals surface area contributed by atoms with E-state index in [0.29, 0.717) is 50.0 Å². The summed E-state index contributed by atoms with van der Waals surface area (Å²) in [5.41, 5.74) is 4.89. The smallest absolute Gasteiger partial charge is 0.276 e. The maximum atomic E-state index is 13.1. The zero-order chi connectivity index (χ0) is 25.1. The molecule has 0 atom stereocenters. The molecule has 0 bridgehead atoms. The van der Waals surface area contributed by atoms with Crippen LogP contribution in [0.15, 0.2) is 72.8 Å². The number of para-hydroxylation sites is 1. The third kappa shape index (κ3) is 5.02. The molecule has 2 amide bonds. The molecular weight excluding hydrogens is 452 g/mol. The number of fused-ring (bicyclic) bond motifs is 1. The molecule has 1 saturated heterocycles. The first-order chi connectivity index (χ1) is 17.5. The van der Waals surface area contributed by atoms with Gasteiger partial charge < -0.3 is 15.0 Å². The van der Waals surface area contributed by atoms with Crippen molar-refractivity contribution in [3.05, 3.63) is 95.2 Å². The molecule has 2 heterocycles. The lowest BCUT2D eigenvalue weighted by Gasteiger charge is -2.26.